The average molecular weight is 277 g/mol. The lowest BCUT2D eigenvalue weighted by Gasteiger charge is -2.00. The number of nitrogens with zero attached hydrogens (tertiary/aromatic N) is 2. The largest absolute Gasteiger partial charge is 0.347 e. The molecule has 0 fully saturated rings. The molecule has 2 aromatic carbocycles. The summed E-state index contributed by atoms with van der Waals surface area (Å²) in [5, 5.41) is 5.61. The topological polar surface area (TPSA) is 29.3 Å². The van der Waals surface area contributed by atoms with Crippen molar-refractivity contribution in [1.29, 1.82) is 0 Å². The summed E-state index contributed by atoms with van der Waals surface area (Å²) in [4.78, 5) is 0. The number of aryl methyl sites for hydroxylation is 2. The minimum Gasteiger partial charge on any atom is -0.347 e. The molecule has 0 aliphatic carbocycles. The van der Waals surface area contributed by atoms with Crippen LogP contribution in [0.5, 0.6) is 0 Å². The van der Waals surface area contributed by atoms with Crippen molar-refractivity contribution in [3.05, 3.63) is 65.4 Å². The second-order valence-corrected chi connectivity index (χ2v) is 5.31. The molecule has 0 bridgehead atoms. The Hall–Kier alpha value is -2.55. The molecule has 0 saturated heterocycles. The molecule has 3 aromatic rings. The summed E-state index contributed by atoms with van der Waals surface area (Å²) in [7, 11) is 2.09. The molecular formula is C18H19N3. The van der Waals surface area contributed by atoms with E-state index in [-0.39, 0.29) is 0 Å². The standard InChI is InChI=1S/C18H19N3/c1-13-8-10-15(11-9-13)20-19-12-17-14(2)21(3)18-7-5-4-6-16(17)18/h4-12,20H,1-3H3/b19-12+. The van der Waals surface area contributed by atoms with E-state index in [0.717, 1.165) is 11.3 Å². The van der Waals surface area contributed by atoms with Gasteiger partial charge >= 0.3 is 0 Å². The van der Waals surface area contributed by atoms with Crippen molar-refractivity contribution in [3.8, 4) is 0 Å². The van der Waals surface area contributed by atoms with Gasteiger partial charge in [-0.1, -0.05) is 35.9 Å². The number of anilines is 1. The SMILES string of the molecule is Cc1ccc(N/N=C/c2c(C)n(C)c3ccccc23)cc1. The zero-order chi connectivity index (χ0) is 14.8. The molecule has 0 spiro atoms. The zero-order valence-corrected chi connectivity index (χ0v) is 12.6. The molecule has 0 radical (unpaired) electrons. The average Bonchev–Trinajstić information content (AvgIpc) is 2.75. The summed E-state index contributed by atoms with van der Waals surface area (Å²) in [6.45, 7) is 4.19. The zero-order valence-electron chi connectivity index (χ0n) is 12.6. The van der Waals surface area contributed by atoms with Crippen LogP contribution < -0.4 is 5.43 Å². The van der Waals surface area contributed by atoms with E-state index in [9.17, 15) is 0 Å². The molecule has 0 aliphatic rings. The summed E-state index contributed by atoms with van der Waals surface area (Å²) in [5.74, 6) is 0. The highest BCUT2D eigenvalue weighted by Gasteiger charge is 2.08. The van der Waals surface area contributed by atoms with Gasteiger partial charge in [-0.2, -0.15) is 5.10 Å². The fraction of sp³-hybridized carbons (Fsp3) is 0.167. The predicted octanol–water partition coefficient (Wildman–Crippen LogP) is 4.24. The Morgan fingerprint density at radius 1 is 1.00 bits per heavy atom. The van der Waals surface area contributed by atoms with Gasteiger partial charge in [0.2, 0.25) is 0 Å². The van der Waals surface area contributed by atoms with Gasteiger partial charge in [0.1, 0.15) is 0 Å². The Morgan fingerprint density at radius 3 is 2.48 bits per heavy atom. The highest BCUT2D eigenvalue weighted by Crippen LogP contribution is 2.23. The third-order valence-corrected chi connectivity index (χ3v) is 3.89. The number of para-hydroxylation sites is 1. The van der Waals surface area contributed by atoms with Crippen LogP contribution in [-0.2, 0) is 7.05 Å². The van der Waals surface area contributed by atoms with Crippen LogP contribution in [0.3, 0.4) is 0 Å². The molecule has 1 N–H and O–H groups in total. The number of nitrogens with one attached hydrogen (secondary N) is 1. The third-order valence-electron chi connectivity index (χ3n) is 3.89. The normalized spacial score (nSPS) is 11.4. The lowest BCUT2D eigenvalue weighted by atomic mass is 10.1. The van der Waals surface area contributed by atoms with Crippen molar-refractivity contribution in [3.63, 3.8) is 0 Å². The van der Waals surface area contributed by atoms with Gasteiger partial charge < -0.3 is 4.57 Å². The minimum absolute atomic E-state index is 0.995. The molecule has 0 saturated carbocycles. The first-order chi connectivity index (χ1) is 10.2. The van der Waals surface area contributed by atoms with Crippen LogP contribution in [0.25, 0.3) is 10.9 Å². The summed E-state index contributed by atoms with van der Waals surface area (Å²) >= 11 is 0. The summed E-state index contributed by atoms with van der Waals surface area (Å²) in [6, 6.07) is 16.6. The molecule has 1 aromatic heterocycles. The Morgan fingerprint density at radius 2 is 1.71 bits per heavy atom. The maximum absolute atomic E-state index is 4.38. The van der Waals surface area contributed by atoms with Gasteiger partial charge in [-0.15, -0.1) is 0 Å². The number of fused-ring (bicyclic) bond motifs is 1. The first-order valence-electron chi connectivity index (χ1n) is 7.06. The molecule has 0 aliphatic heterocycles. The van der Waals surface area contributed by atoms with Gasteiger partial charge in [0.15, 0.2) is 0 Å². The maximum atomic E-state index is 4.38. The fourth-order valence-electron chi connectivity index (χ4n) is 2.51. The minimum atomic E-state index is 0.995. The van der Waals surface area contributed by atoms with Crippen LogP contribution in [0, 0.1) is 13.8 Å². The van der Waals surface area contributed by atoms with E-state index in [1.807, 2.05) is 18.3 Å². The van der Waals surface area contributed by atoms with Crippen molar-refractivity contribution in [2.45, 2.75) is 13.8 Å². The number of hydrazone groups is 1. The number of hydrogen-bond donors (Lipinski definition) is 1. The highest BCUT2D eigenvalue weighted by atomic mass is 15.3. The van der Waals surface area contributed by atoms with Gasteiger partial charge in [-0.3, -0.25) is 5.43 Å². The molecule has 1 heterocycles. The van der Waals surface area contributed by atoms with Crippen LogP contribution >= 0.6 is 0 Å². The molecule has 0 atom stereocenters. The monoisotopic (exact) mass is 277 g/mol. The smallest absolute Gasteiger partial charge is 0.0569 e. The number of benzene rings is 2. The van der Waals surface area contributed by atoms with E-state index in [0.29, 0.717) is 0 Å². The molecular weight excluding hydrogens is 258 g/mol. The summed E-state index contributed by atoms with van der Waals surface area (Å²) in [6.07, 6.45) is 1.90. The number of aromatic nitrogens is 1. The van der Waals surface area contributed by atoms with Gasteiger partial charge in [0.05, 0.1) is 11.9 Å². The predicted molar refractivity (Wildman–Crippen MR) is 90.1 cm³/mol. The fourth-order valence-corrected chi connectivity index (χ4v) is 2.51. The van der Waals surface area contributed by atoms with Crippen molar-refractivity contribution in [2.24, 2.45) is 12.1 Å². The Balaban J connectivity index is 1.89. The molecule has 0 unspecified atom stereocenters. The van der Waals surface area contributed by atoms with Crippen molar-refractivity contribution in [1.82, 2.24) is 4.57 Å². The van der Waals surface area contributed by atoms with E-state index < -0.39 is 0 Å². The second-order valence-electron chi connectivity index (χ2n) is 5.31. The van der Waals surface area contributed by atoms with Crippen LogP contribution in [-0.4, -0.2) is 10.8 Å². The molecule has 3 heteroatoms. The lowest BCUT2D eigenvalue weighted by molar-refractivity contribution is 0.916. The van der Waals surface area contributed by atoms with Crippen LogP contribution in [0.4, 0.5) is 5.69 Å². The lowest BCUT2D eigenvalue weighted by Crippen LogP contribution is -1.94. The van der Waals surface area contributed by atoms with Gasteiger partial charge in [0, 0.05) is 29.2 Å². The Bertz CT molecular complexity index is 795. The molecule has 3 nitrogen and oxygen atoms in total. The molecule has 0 amide bonds. The van der Waals surface area contributed by atoms with E-state index in [1.165, 1.54) is 22.2 Å². The molecule has 21 heavy (non-hydrogen) atoms. The number of hydrogen-bond acceptors (Lipinski definition) is 2. The van der Waals surface area contributed by atoms with E-state index in [4.69, 9.17) is 0 Å². The van der Waals surface area contributed by atoms with Crippen LogP contribution in [0.1, 0.15) is 16.8 Å². The highest BCUT2D eigenvalue weighted by molar-refractivity contribution is 6.01. The first-order valence-corrected chi connectivity index (χ1v) is 7.06. The van der Waals surface area contributed by atoms with E-state index in [1.54, 1.807) is 0 Å². The van der Waals surface area contributed by atoms with E-state index in [2.05, 4.69) is 72.4 Å². The first kappa shape index (κ1) is 13.4. The van der Waals surface area contributed by atoms with Crippen LogP contribution in [0.15, 0.2) is 53.6 Å². The van der Waals surface area contributed by atoms with Crippen LogP contribution in [0.2, 0.25) is 0 Å². The van der Waals surface area contributed by atoms with Gasteiger partial charge in [0.25, 0.3) is 0 Å². The third kappa shape index (κ3) is 2.55. The van der Waals surface area contributed by atoms with Crippen molar-refractivity contribution in [2.75, 3.05) is 5.43 Å². The summed E-state index contributed by atoms with van der Waals surface area (Å²) in [5.41, 5.74) is 8.92. The Kier molecular flexibility index (Phi) is 3.48. The van der Waals surface area contributed by atoms with Crippen molar-refractivity contribution < 1.29 is 0 Å². The maximum Gasteiger partial charge on any atom is 0.0569 e. The van der Waals surface area contributed by atoms with Gasteiger partial charge in [-0.05, 0) is 32.0 Å². The quantitative estimate of drug-likeness (QED) is 0.563. The second kappa shape index (κ2) is 5.44. The van der Waals surface area contributed by atoms with Crippen molar-refractivity contribution >= 4 is 22.8 Å². The van der Waals surface area contributed by atoms with Gasteiger partial charge in [-0.25, -0.2) is 0 Å². The number of rotatable bonds is 3. The van der Waals surface area contributed by atoms with E-state index >= 15 is 0 Å². The molecule has 106 valence electrons. The summed E-state index contributed by atoms with van der Waals surface area (Å²) < 4.78 is 2.20. The Labute approximate surface area is 124 Å². The molecule has 3 rings (SSSR count).